The third-order valence-electron chi connectivity index (χ3n) is 9.06. The van der Waals surface area contributed by atoms with Gasteiger partial charge in [0.05, 0.1) is 11.8 Å². The Balaban J connectivity index is 1.77. The summed E-state index contributed by atoms with van der Waals surface area (Å²) in [5.41, 5.74) is 0.948. The molecule has 304 valence electrons. The van der Waals surface area contributed by atoms with Gasteiger partial charge in [0.15, 0.2) is 6.10 Å². The predicted molar refractivity (Wildman–Crippen MR) is 210 cm³/mol. The molecule has 0 spiro atoms. The molecule has 1 aromatic heterocycles. The summed E-state index contributed by atoms with van der Waals surface area (Å²) in [6, 6.07) is 4.99. The average molecular weight is 805 g/mol. The van der Waals surface area contributed by atoms with E-state index in [1.165, 1.54) is 29.3 Å². The van der Waals surface area contributed by atoms with Crippen molar-refractivity contribution >= 4 is 56.8 Å². The first kappa shape index (κ1) is 45.0. The van der Waals surface area contributed by atoms with Gasteiger partial charge in [-0.15, -0.1) is 11.3 Å². The van der Waals surface area contributed by atoms with Gasteiger partial charge in [-0.25, -0.2) is 22.9 Å². The normalized spacial score (nSPS) is 16.5. The number of ether oxygens (including phenoxy) is 2. The highest BCUT2D eigenvalue weighted by molar-refractivity contribution is 7.89. The topological polar surface area (TPSA) is 193 Å². The molecule has 2 aromatic rings. The highest BCUT2D eigenvalue weighted by Crippen LogP contribution is 2.31. The predicted octanol–water partition coefficient (Wildman–Crippen LogP) is 5.51. The summed E-state index contributed by atoms with van der Waals surface area (Å²) in [5, 5.41) is 7.15. The fraction of sp³-hybridized carbons (Fsp3) is 0.579. The van der Waals surface area contributed by atoms with E-state index in [2.05, 4.69) is 15.6 Å². The van der Waals surface area contributed by atoms with Gasteiger partial charge in [-0.2, -0.15) is 0 Å². The Bertz CT molecular complexity index is 1850. The summed E-state index contributed by atoms with van der Waals surface area (Å²) in [5.74, 6) is -2.88. The Labute approximate surface area is 328 Å². The minimum absolute atomic E-state index is 0.0111. The molecule has 1 aliphatic heterocycles. The number of rotatable bonds is 15. The Morgan fingerprint density at radius 1 is 1.11 bits per heavy atom. The van der Waals surface area contributed by atoms with Gasteiger partial charge in [-0.1, -0.05) is 44.4 Å². The Morgan fingerprint density at radius 2 is 1.80 bits per heavy atom. The summed E-state index contributed by atoms with van der Waals surface area (Å²) in [7, 11) is -0.702. The van der Waals surface area contributed by atoms with Crippen LogP contribution in [0.25, 0.3) is 0 Å². The van der Waals surface area contributed by atoms with Gasteiger partial charge in [0.25, 0.3) is 5.91 Å². The molecule has 4 atom stereocenters. The number of esters is 1. The first-order chi connectivity index (χ1) is 25.6. The number of aromatic nitrogens is 1. The van der Waals surface area contributed by atoms with Crippen molar-refractivity contribution in [2.24, 2.45) is 5.92 Å². The van der Waals surface area contributed by atoms with Gasteiger partial charge in [0.1, 0.15) is 22.3 Å². The largest absolute Gasteiger partial charge is 0.455 e. The fourth-order valence-electron chi connectivity index (χ4n) is 6.06. The van der Waals surface area contributed by atoms with Crippen LogP contribution in [0, 0.1) is 5.92 Å². The molecule has 0 unspecified atom stereocenters. The summed E-state index contributed by atoms with van der Waals surface area (Å²) in [6.45, 7) is 14.7. The minimum atomic E-state index is -4.22. The van der Waals surface area contributed by atoms with Crippen molar-refractivity contribution in [3.63, 3.8) is 0 Å². The van der Waals surface area contributed by atoms with E-state index in [4.69, 9.17) is 9.47 Å². The van der Waals surface area contributed by atoms with Crippen LogP contribution in [-0.4, -0.2) is 91.3 Å². The number of carbonyl (C=O) groups is 5. The number of piperidine rings is 1. The monoisotopic (exact) mass is 804 g/mol. The van der Waals surface area contributed by atoms with E-state index in [9.17, 15) is 32.4 Å². The highest BCUT2D eigenvalue weighted by Gasteiger charge is 2.35. The van der Waals surface area contributed by atoms with Crippen molar-refractivity contribution in [2.75, 3.05) is 26.0 Å². The lowest BCUT2D eigenvalue weighted by atomic mass is 9.95. The lowest BCUT2D eigenvalue weighted by molar-refractivity contribution is -0.147. The van der Waals surface area contributed by atoms with E-state index in [0.29, 0.717) is 29.8 Å². The SMILES string of the molecule is CC[C@H](C)[C@H](NC(=O)[C@H]1CCCCN1C)C(=O)N(C)C(C[C@@H](OC(C)=O)c1nc(C(=O)NS(=O)(=O)Cc2cccc(NC(=O)OC(C)(C)C)c2)cs1)=C(C)C. The molecule has 2 heterocycles. The molecule has 17 heteroatoms. The van der Waals surface area contributed by atoms with Crippen molar-refractivity contribution in [3.05, 3.63) is 57.2 Å². The Morgan fingerprint density at radius 3 is 2.40 bits per heavy atom. The second kappa shape index (κ2) is 19.5. The summed E-state index contributed by atoms with van der Waals surface area (Å²) >= 11 is 0.999. The van der Waals surface area contributed by atoms with Crippen LogP contribution in [0.1, 0.15) is 115 Å². The molecule has 15 nitrogen and oxygen atoms in total. The van der Waals surface area contributed by atoms with Crippen molar-refractivity contribution in [1.29, 1.82) is 0 Å². The molecule has 0 radical (unpaired) electrons. The van der Waals surface area contributed by atoms with Gasteiger partial charge >= 0.3 is 12.1 Å². The van der Waals surface area contributed by atoms with Crippen LogP contribution in [0.5, 0.6) is 0 Å². The number of nitrogens with one attached hydrogen (secondary N) is 3. The molecule has 4 amide bonds. The number of hydrogen-bond acceptors (Lipinski definition) is 12. The quantitative estimate of drug-likeness (QED) is 0.192. The molecule has 55 heavy (non-hydrogen) atoms. The number of amides is 4. The number of nitrogens with zero attached hydrogens (tertiary/aromatic N) is 3. The molecule has 0 saturated carbocycles. The van der Waals surface area contributed by atoms with E-state index in [1.807, 2.05) is 44.4 Å². The number of anilines is 1. The average Bonchev–Trinajstić information content (AvgIpc) is 3.57. The molecule has 3 N–H and O–H groups in total. The van der Waals surface area contributed by atoms with Gasteiger partial charge in [0.2, 0.25) is 21.8 Å². The van der Waals surface area contributed by atoms with Crippen molar-refractivity contribution < 1.29 is 41.9 Å². The Kier molecular flexibility index (Phi) is 16.0. The van der Waals surface area contributed by atoms with E-state index in [0.717, 1.165) is 36.3 Å². The third-order valence-corrected chi connectivity index (χ3v) is 11.2. The lowest BCUT2D eigenvalue weighted by Crippen LogP contribution is -2.56. The van der Waals surface area contributed by atoms with Crippen LogP contribution in [0.2, 0.25) is 0 Å². The number of sulfonamides is 1. The zero-order valence-electron chi connectivity index (χ0n) is 33.5. The van der Waals surface area contributed by atoms with Gasteiger partial charge in [0, 0.05) is 37.2 Å². The first-order valence-electron chi connectivity index (χ1n) is 18.3. The van der Waals surface area contributed by atoms with Crippen LogP contribution in [0.15, 0.2) is 40.9 Å². The molecule has 0 bridgehead atoms. The third kappa shape index (κ3) is 13.7. The van der Waals surface area contributed by atoms with Crippen LogP contribution >= 0.6 is 11.3 Å². The molecule has 3 rings (SSSR count). The molecule has 1 saturated heterocycles. The van der Waals surface area contributed by atoms with Gasteiger partial charge in [-0.3, -0.25) is 29.4 Å². The maximum Gasteiger partial charge on any atom is 0.412 e. The number of hydrogen-bond donors (Lipinski definition) is 3. The fourth-order valence-corrected chi connectivity index (χ4v) is 7.97. The van der Waals surface area contributed by atoms with Crippen LogP contribution < -0.4 is 15.4 Å². The summed E-state index contributed by atoms with van der Waals surface area (Å²) < 4.78 is 39.0. The Hall–Kier alpha value is -4.35. The number of thiazole rings is 1. The molecule has 1 fully saturated rings. The second-order valence-corrected chi connectivity index (χ2v) is 17.7. The zero-order chi connectivity index (χ0) is 41.2. The number of allylic oxidation sites excluding steroid dienone is 1. The van der Waals surface area contributed by atoms with Crippen molar-refractivity contribution in [2.45, 2.75) is 117 Å². The molecular formula is C38H56N6O9S2. The maximum atomic E-state index is 14.1. The minimum Gasteiger partial charge on any atom is -0.455 e. The molecular weight excluding hydrogens is 749 g/mol. The van der Waals surface area contributed by atoms with Gasteiger partial charge in [-0.05, 0) is 84.7 Å². The molecule has 1 aliphatic rings. The zero-order valence-corrected chi connectivity index (χ0v) is 35.1. The highest BCUT2D eigenvalue weighted by atomic mass is 32.2. The summed E-state index contributed by atoms with van der Waals surface area (Å²) in [4.78, 5) is 72.9. The number of carbonyl (C=O) groups excluding carboxylic acids is 5. The van der Waals surface area contributed by atoms with Crippen molar-refractivity contribution in [1.82, 2.24) is 24.8 Å². The first-order valence-corrected chi connectivity index (χ1v) is 20.8. The molecule has 1 aromatic carbocycles. The van der Waals surface area contributed by atoms with Crippen LogP contribution in [0.4, 0.5) is 10.5 Å². The second-order valence-electron chi connectivity index (χ2n) is 15.1. The number of benzene rings is 1. The molecule has 0 aliphatic carbocycles. The number of likely N-dealkylation sites (N-methyl/N-ethyl adjacent to an activating group) is 2. The summed E-state index contributed by atoms with van der Waals surface area (Å²) in [6.07, 6.45) is 1.59. The van der Waals surface area contributed by atoms with E-state index >= 15 is 0 Å². The maximum absolute atomic E-state index is 14.1. The van der Waals surface area contributed by atoms with Crippen LogP contribution in [0.3, 0.4) is 0 Å². The van der Waals surface area contributed by atoms with E-state index < -0.39 is 51.5 Å². The van der Waals surface area contributed by atoms with E-state index in [1.54, 1.807) is 40.0 Å². The number of likely N-dealkylation sites (tertiary alicyclic amines) is 1. The van der Waals surface area contributed by atoms with Crippen molar-refractivity contribution in [3.8, 4) is 0 Å². The standard InChI is InChI=1S/C38H56N6O9S2/c1-11-24(4)32(41-34(47)29-17-12-13-18-43(29)9)36(48)44(10)30(23(2)3)20-31(52-25(5)45)35-40-28(21-54-35)33(46)42-55(50,51)22-26-15-14-16-27(19-26)39-37(49)53-38(6,7)8/h14-16,19,21,24,29,31-32H,11-13,17-18,20,22H2,1-10H3,(H,39,49)(H,41,47)(H,42,46)/t24-,29+,31+,32-/m0/s1. The smallest absolute Gasteiger partial charge is 0.412 e. The van der Waals surface area contributed by atoms with E-state index in [-0.39, 0.29) is 40.9 Å². The lowest BCUT2D eigenvalue weighted by Gasteiger charge is -2.35. The van der Waals surface area contributed by atoms with Gasteiger partial charge < -0.3 is 19.7 Å². The van der Waals surface area contributed by atoms with Crippen LogP contribution in [-0.2, 0) is 39.6 Å².